The summed E-state index contributed by atoms with van der Waals surface area (Å²) in [6.45, 7) is -0.462. The van der Waals surface area contributed by atoms with E-state index in [9.17, 15) is 9.36 Å². The van der Waals surface area contributed by atoms with E-state index in [2.05, 4.69) is 50.1 Å². The summed E-state index contributed by atoms with van der Waals surface area (Å²) in [5.41, 5.74) is 5.07. The SMILES string of the molecule is Nc1nc2c(c(=O)[nH]1)N[C@@H]1C(=N2)O[C@H](COP(=O)(O)O)C(S)=C1S. The van der Waals surface area contributed by atoms with Gasteiger partial charge in [-0.2, -0.15) is 9.98 Å². The molecule has 0 aromatic carbocycles. The zero-order valence-electron chi connectivity index (χ0n) is 11.7. The number of aromatic amines is 1. The largest absolute Gasteiger partial charge is 0.469 e. The molecule has 0 radical (unpaired) electrons. The highest BCUT2D eigenvalue weighted by Gasteiger charge is 2.38. The highest BCUT2D eigenvalue weighted by atomic mass is 32.1. The molecule has 3 heterocycles. The van der Waals surface area contributed by atoms with E-state index in [4.69, 9.17) is 20.3 Å². The second kappa shape index (κ2) is 6.10. The Morgan fingerprint density at radius 2 is 2.08 bits per heavy atom. The van der Waals surface area contributed by atoms with Gasteiger partial charge < -0.3 is 25.6 Å². The molecule has 0 unspecified atom stereocenters. The number of rotatable bonds is 3. The van der Waals surface area contributed by atoms with Gasteiger partial charge in [-0.3, -0.25) is 14.3 Å². The predicted octanol–water partition coefficient (Wildman–Crippen LogP) is -0.244. The number of nitrogens with one attached hydrogen (secondary N) is 2. The van der Waals surface area contributed by atoms with Gasteiger partial charge in [0.2, 0.25) is 11.8 Å². The van der Waals surface area contributed by atoms with Gasteiger partial charge in [-0.15, -0.1) is 25.3 Å². The number of aliphatic imine (C=N–C) groups is 1. The summed E-state index contributed by atoms with van der Waals surface area (Å²) in [5, 5.41) is 2.87. The van der Waals surface area contributed by atoms with Crippen LogP contribution in [-0.4, -0.2) is 44.4 Å². The first kappa shape index (κ1) is 17.3. The Labute approximate surface area is 145 Å². The number of nitrogens with zero attached hydrogens (tertiary/aromatic N) is 2. The van der Waals surface area contributed by atoms with Gasteiger partial charge in [-0.05, 0) is 0 Å². The van der Waals surface area contributed by atoms with Crippen molar-refractivity contribution < 1.29 is 23.6 Å². The Morgan fingerprint density at radius 3 is 2.75 bits per heavy atom. The smallest absolute Gasteiger partial charge is 0.468 e. The molecule has 1 aromatic rings. The van der Waals surface area contributed by atoms with Crippen LogP contribution in [0.5, 0.6) is 0 Å². The molecule has 24 heavy (non-hydrogen) atoms. The minimum atomic E-state index is -4.67. The number of thiol groups is 2. The summed E-state index contributed by atoms with van der Waals surface area (Å²) in [7, 11) is -4.67. The van der Waals surface area contributed by atoms with Crippen LogP contribution >= 0.6 is 33.1 Å². The topological polar surface area (TPSA) is 172 Å². The fourth-order valence-electron chi connectivity index (χ4n) is 2.14. The van der Waals surface area contributed by atoms with Gasteiger partial charge in [0.15, 0.2) is 11.9 Å². The van der Waals surface area contributed by atoms with E-state index in [-0.39, 0.29) is 28.3 Å². The molecule has 3 rings (SSSR count). The van der Waals surface area contributed by atoms with Crippen LogP contribution in [0.4, 0.5) is 17.5 Å². The molecule has 14 heteroatoms. The average Bonchev–Trinajstić information content (AvgIpc) is 2.47. The van der Waals surface area contributed by atoms with E-state index in [1.54, 1.807) is 0 Å². The van der Waals surface area contributed by atoms with E-state index in [0.29, 0.717) is 4.91 Å². The molecule has 2 aliphatic rings. The summed E-state index contributed by atoms with van der Waals surface area (Å²) in [6, 6.07) is -0.689. The van der Waals surface area contributed by atoms with Crippen molar-refractivity contribution >= 4 is 56.4 Å². The molecule has 1 aromatic heterocycles. The molecule has 2 atom stereocenters. The molecule has 0 amide bonds. The molecule has 0 saturated heterocycles. The molecule has 0 saturated carbocycles. The minimum absolute atomic E-state index is 0.0286. The van der Waals surface area contributed by atoms with Crippen molar-refractivity contribution in [2.75, 3.05) is 17.7 Å². The molecule has 0 aliphatic carbocycles. The number of anilines is 2. The lowest BCUT2D eigenvalue weighted by molar-refractivity contribution is 0.113. The normalized spacial score (nSPS) is 22.9. The molecule has 0 fully saturated rings. The van der Waals surface area contributed by atoms with Crippen LogP contribution in [0.2, 0.25) is 0 Å². The zero-order chi connectivity index (χ0) is 17.6. The Kier molecular flexibility index (Phi) is 4.40. The van der Waals surface area contributed by atoms with Gasteiger partial charge in [0.25, 0.3) is 5.56 Å². The quantitative estimate of drug-likeness (QED) is 0.270. The maximum Gasteiger partial charge on any atom is 0.469 e. The summed E-state index contributed by atoms with van der Waals surface area (Å²) >= 11 is 8.56. The Morgan fingerprint density at radius 1 is 1.38 bits per heavy atom. The average molecular weight is 393 g/mol. The lowest BCUT2D eigenvalue weighted by atomic mass is 10.1. The van der Waals surface area contributed by atoms with Gasteiger partial charge in [-0.25, -0.2) is 4.57 Å². The third-order valence-electron chi connectivity index (χ3n) is 3.17. The maximum absolute atomic E-state index is 11.9. The van der Waals surface area contributed by atoms with E-state index >= 15 is 0 Å². The molecular formula is C10H12N5O6PS2. The fraction of sp³-hybridized carbons (Fsp3) is 0.300. The minimum Gasteiger partial charge on any atom is -0.468 e. The van der Waals surface area contributed by atoms with Crippen molar-refractivity contribution in [2.24, 2.45) is 4.99 Å². The second-order valence-corrected chi connectivity index (χ2v) is 7.04. The molecule has 2 aliphatic heterocycles. The number of fused-ring (bicyclic) bond motifs is 2. The van der Waals surface area contributed by atoms with Crippen LogP contribution in [0.3, 0.4) is 0 Å². The number of hydrogen-bond acceptors (Lipinski definition) is 10. The highest BCUT2D eigenvalue weighted by molar-refractivity contribution is 7.88. The molecule has 11 nitrogen and oxygen atoms in total. The fourth-order valence-corrected chi connectivity index (χ4v) is 3.04. The summed E-state index contributed by atoms with van der Waals surface area (Å²) in [6.07, 6.45) is -0.925. The molecular weight excluding hydrogens is 381 g/mol. The van der Waals surface area contributed by atoms with Crippen LogP contribution < -0.4 is 16.6 Å². The first-order valence-corrected chi connectivity index (χ1v) is 8.82. The number of H-pyrrole nitrogens is 1. The van der Waals surface area contributed by atoms with Crippen LogP contribution in [0.25, 0.3) is 0 Å². The van der Waals surface area contributed by atoms with Crippen molar-refractivity contribution in [2.45, 2.75) is 12.1 Å². The van der Waals surface area contributed by atoms with Crippen LogP contribution in [-0.2, 0) is 13.8 Å². The van der Waals surface area contributed by atoms with Crippen molar-refractivity contribution in [3.05, 3.63) is 20.2 Å². The monoisotopic (exact) mass is 393 g/mol. The number of phosphoric ester groups is 1. The Bertz CT molecular complexity index is 864. The highest BCUT2D eigenvalue weighted by Crippen LogP contribution is 2.39. The molecule has 0 bridgehead atoms. The number of nitrogen functional groups attached to an aromatic ring is 1. The molecule has 0 spiro atoms. The number of ether oxygens (including phenoxy) is 1. The van der Waals surface area contributed by atoms with Crippen molar-refractivity contribution in [1.29, 1.82) is 0 Å². The standard InChI is InChI=1S/C10H12N5O6PS2/c11-10-14-7-4(8(16)15-10)12-3-6(24)5(23)2(21-9(3)13-7)1-20-22(17,18)19/h2-3,12,23-24H,1H2,(H2,17,18,19)(H3,11,14,15,16)/t2-,3+/m1/s1. The lowest BCUT2D eigenvalue weighted by Crippen LogP contribution is -2.44. The maximum atomic E-state index is 11.9. The van der Waals surface area contributed by atoms with Crippen molar-refractivity contribution in [3.8, 4) is 0 Å². The zero-order valence-corrected chi connectivity index (χ0v) is 14.4. The van der Waals surface area contributed by atoms with E-state index in [1.165, 1.54) is 0 Å². The first-order chi connectivity index (χ1) is 11.2. The van der Waals surface area contributed by atoms with Gasteiger partial charge >= 0.3 is 7.82 Å². The summed E-state index contributed by atoms with van der Waals surface area (Å²) in [5.74, 6) is 0.0140. The summed E-state index contributed by atoms with van der Waals surface area (Å²) in [4.78, 5) is 40.5. The third-order valence-corrected chi connectivity index (χ3v) is 4.86. The Hall–Kier alpha value is -1.50. The molecule has 130 valence electrons. The predicted molar refractivity (Wildman–Crippen MR) is 91.6 cm³/mol. The summed E-state index contributed by atoms with van der Waals surface area (Å²) < 4.78 is 20.8. The van der Waals surface area contributed by atoms with Gasteiger partial charge in [0, 0.05) is 9.81 Å². The second-order valence-electron chi connectivity index (χ2n) is 4.84. The molecule has 6 N–H and O–H groups in total. The van der Waals surface area contributed by atoms with Gasteiger partial charge in [0.1, 0.15) is 18.3 Å². The van der Waals surface area contributed by atoms with Crippen LogP contribution in [0, 0.1) is 0 Å². The first-order valence-electron chi connectivity index (χ1n) is 6.39. The number of hydrogen-bond donors (Lipinski definition) is 7. The number of nitrogens with two attached hydrogens (primary N) is 1. The van der Waals surface area contributed by atoms with E-state index in [1.807, 2.05) is 0 Å². The van der Waals surface area contributed by atoms with Crippen molar-refractivity contribution in [3.63, 3.8) is 0 Å². The van der Waals surface area contributed by atoms with Gasteiger partial charge in [-0.1, -0.05) is 0 Å². The lowest BCUT2D eigenvalue weighted by Gasteiger charge is -2.34. The number of phosphoric acid groups is 1. The third kappa shape index (κ3) is 3.31. The van der Waals surface area contributed by atoms with E-state index in [0.717, 1.165) is 0 Å². The van der Waals surface area contributed by atoms with Gasteiger partial charge in [0.05, 0.1) is 0 Å². The number of aromatic nitrogens is 2. The van der Waals surface area contributed by atoms with Crippen LogP contribution in [0.1, 0.15) is 0 Å². The van der Waals surface area contributed by atoms with Crippen molar-refractivity contribution in [1.82, 2.24) is 9.97 Å². The van der Waals surface area contributed by atoms with E-state index < -0.39 is 32.1 Å². The Balaban J connectivity index is 1.96. The van der Waals surface area contributed by atoms with Crippen LogP contribution in [0.15, 0.2) is 19.6 Å².